The molecule has 27 heavy (non-hydrogen) atoms. The Labute approximate surface area is 156 Å². The molecule has 0 radical (unpaired) electrons. The van der Waals surface area contributed by atoms with Gasteiger partial charge in [-0.25, -0.2) is 17.6 Å². The van der Waals surface area contributed by atoms with Gasteiger partial charge in [-0.05, 0) is 30.7 Å². The molecule has 0 spiro atoms. The number of benzene rings is 2. The SMILES string of the molecule is O=C(OCCCS(=O)(=O)c1ccccc1)C1CC(c2cccc(F)c2)=NO1. The molecule has 0 amide bonds. The summed E-state index contributed by atoms with van der Waals surface area (Å²) in [6.07, 6.45) is -0.563. The van der Waals surface area contributed by atoms with Gasteiger partial charge in [0.1, 0.15) is 5.82 Å². The first-order chi connectivity index (χ1) is 13.0. The molecule has 0 N–H and O–H groups in total. The maximum Gasteiger partial charge on any atom is 0.350 e. The van der Waals surface area contributed by atoms with E-state index in [1.165, 1.54) is 24.3 Å². The molecular formula is C19H18FNO5S. The Morgan fingerprint density at radius 1 is 1.19 bits per heavy atom. The molecule has 1 aliphatic heterocycles. The lowest BCUT2D eigenvalue weighted by molar-refractivity contribution is -0.155. The van der Waals surface area contributed by atoms with Crippen LogP contribution >= 0.6 is 0 Å². The molecule has 0 fully saturated rings. The standard InChI is InChI=1S/C19H18FNO5S/c20-15-7-4-6-14(12-15)17-13-18(26-21-17)19(22)25-10-5-11-27(23,24)16-8-2-1-3-9-16/h1-4,6-9,12,18H,5,10-11,13H2. The molecule has 142 valence electrons. The predicted molar refractivity (Wildman–Crippen MR) is 96.5 cm³/mol. The van der Waals surface area contributed by atoms with E-state index in [-0.39, 0.29) is 30.1 Å². The monoisotopic (exact) mass is 391 g/mol. The third-order valence-electron chi connectivity index (χ3n) is 3.99. The van der Waals surface area contributed by atoms with E-state index in [9.17, 15) is 17.6 Å². The molecule has 8 heteroatoms. The van der Waals surface area contributed by atoms with E-state index in [2.05, 4.69) is 5.16 Å². The molecule has 0 bridgehead atoms. The summed E-state index contributed by atoms with van der Waals surface area (Å²) in [6, 6.07) is 13.9. The number of sulfone groups is 1. The summed E-state index contributed by atoms with van der Waals surface area (Å²) in [5, 5.41) is 3.81. The van der Waals surface area contributed by atoms with Gasteiger partial charge in [0.2, 0.25) is 6.10 Å². The van der Waals surface area contributed by atoms with Crippen LogP contribution in [0.5, 0.6) is 0 Å². The first-order valence-electron chi connectivity index (χ1n) is 8.39. The number of rotatable bonds is 7. The summed E-state index contributed by atoms with van der Waals surface area (Å²) in [4.78, 5) is 17.3. The molecule has 1 heterocycles. The maximum atomic E-state index is 13.3. The summed E-state index contributed by atoms with van der Waals surface area (Å²) in [7, 11) is -3.41. The fourth-order valence-corrected chi connectivity index (χ4v) is 3.91. The average Bonchev–Trinajstić information content (AvgIpc) is 3.16. The molecule has 1 unspecified atom stereocenters. The first kappa shape index (κ1) is 19.0. The highest BCUT2D eigenvalue weighted by Crippen LogP contribution is 2.18. The van der Waals surface area contributed by atoms with E-state index < -0.39 is 27.7 Å². The van der Waals surface area contributed by atoms with E-state index in [4.69, 9.17) is 9.57 Å². The number of oxime groups is 1. The highest BCUT2D eigenvalue weighted by molar-refractivity contribution is 7.91. The zero-order valence-electron chi connectivity index (χ0n) is 14.4. The number of hydrogen-bond acceptors (Lipinski definition) is 6. The van der Waals surface area contributed by atoms with Gasteiger partial charge in [0.25, 0.3) is 0 Å². The van der Waals surface area contributed by atoms with Gasteiger partial charge in [-0.2, -0.15) is 0 Å². The zero-order chi connectivity index (χ0) is 19.3. The molecule has 0 aliphatic carbocycles. The predicted octanol–water partition coefficient (Wildman–Crippen LogP) is 2.73. The van der Waals surface area contributed by atoms with Crippen LogP contribution < -0.4 is 0 Å². The van der Waals surface area contributed by atoms with Crippen LogP contribution in [0.1, 0.15) is 18.4 Å². The van der Waals surface area contributed by atoms with E-state index >= 15 is 0 Å². The number of hydrogen-bond donors (Lipinski definition) is 0. The van der Waals surface area contributed by atoms with Gasteiger partial charge in [0.15, 0.2) is 9.84 Å². The number of ether oxygens (including phenoxy) is 1. The number of nitrogens with zero attached hydrogens (tertiary/aromatic N) is 1. The van der Waals surface area contributed by atoms with E-state index in [0.29, 0.717) is 11.3 Å². The number of esters is 1. The fourth-order valence-electron chi connectivity index (χ4n) is 2.60. The van der Waals surface area contributed by atoms with Gasteiger partial charge in [0.05, 0.1) is 23.0 Å². The van der Waals surface area contributed by atoms with Gasteiger partial charge in [-0.1, -0.05) is 35.5 Å². The average molecular weight is 391 g/mol. The lowest BCUT2D eigenvalue weighted by Gasteiger charge is -2.09. The van der Waals surface area contributed by atoms with Crippen molar-refractivity contribution in [2.24, 2.45) is 5.16 Å². The molecule has 0 saturated heterocycles. The first-order valence-corrected chi connectivity index (χ1v) is 10.0. The van der Waals surface area contributed by atoms with Crippen molar-refractivity contribution in [3.8, 4) is 0 Å². The third-order valence-corrected chi connectivity index (χ3v) is 5.81. The van der Waals surface area contributed by atoms with Crippen LogP contribution in [0.25, 0.3) is 0 Å². The summed E-state index contributed by atoms with van der Waals surface area (Å²) in [6.45, 7) is -0.0416. The van der Waals surface area contributed by atoms with E-state index in [0.717, 1.165) is 0 Å². The van der Waals surface area contributed by atoms with Crippen molar-refractivity contribution in [2.45, 2.75) is 23.8 Å². The largest absolute Gasteiger partial charge is 0.463 e. The Bertz CT molecular complexity index is 944. The molecule has 2 aromatic carbocycles. The van der Waals surface area contributed by atoms with Crippen LogP contribution in [0.3, 0.4) is 0 Å². The van der Waals surface area contributed by atoms with Gasteiger partial charge in [0, 0.05) is 12.0 Å². The Morgan fingerprint density at radius 3 is 2.70 bits per heavy atom. The molecule has 6 nitrogen and oxygen atoms in total. The van der Waals surface area contributed by atoms with Gasteiger partial charge in [-0.15, -0.1) is 0 Å². The quantitative estimate of drug-likeness (QED) is 0.535. The van der Waals surface area contributed by atoms with Crippen LogP contribution in [0.15, 0.2) is 64.6 Å². The highest BCUT2D eigenvalue weighted by atomic mass is 32.2. The normalized spacial score (nSPS) is 16.5. The minimum atomic E-state index is -3.41. The van der Waals surface area contributed by atoms with Crippen molar-refractivity contribution in [1.29, 1.82) is 0 Å². The van der Waals surface area contributed by atoms with Crippen LogP contribution in [-0.2, 0) is 24.2 Å². The highest BCUT2D eigenvalue weighted by Gasteiger charge is 2.30. The van der Waals surface area contributed by atoms with Gasteiger partial charge >= 0.3 is 5.97 Å². The minimum absolute atomic E-state index is 0.0416. The van der Waals surface area contributed by atoms with Crippen LogP contribution in [0, 0.1) is 5.82 Å². The topological polar surface area (TPSA) is 82.0 Å². The van der Waals surface area contributed by atoms with E-state index in [1.54, 1.807) is 30.3 Å². The summed E-state index contributed by atoms with van der Waals surface area (Å²) < 4.78 is 42.6. The van der Waals surface area contributed by atoms with Crippen molar-refractivity contribution in [2.75, 3.05) is 12.4 Å². The van der Waals surface area contributed by atoms with Crippen molar-refractivity contribution >= 4 is 21.5 Å². The second-order valence-corrected chi connectivity index (χ2v) is 8.11. The second-order valence-electron chi connectivity index (χ2n) is 6.00. The minimum Gasteiger partial charge on any atom is -0.463 e. The Balaban J connectivity index is 1.44. The summed E-state index contributed by atoms with van der Waals surface area (Å²) in [5.74, 6) is -1.15. The smallest absolute Gasteiger partial charge is 0.350 e. The number of halogens is 1. The van der Waals surface area contributed by atoms with Gasteiger partial charge < -0.3 is 9.57 Å². The third kappa shape index (κ3) is 4.91. The molecule has 0 saturated carbocycles. The number of carbonyl (C=O) groups is 1. The Hall–Kier alpha value is -2.74. The van der Waals surface area contributed by atoms with Crippen LogP contribution in [-0.4, -0.2) is 38.6 Å². The van der Waals surface area contributed by atoms with Crippen LogP contribution in [0.2, 0.25) is 0 Å². The van der Waals surface area contributed by atoms with Crippen molar-refractivity contribution in [1.82, 2.24) is 0 Å². The molecular weight excluding hydrogens is 373 g/mol. The molecule has 1 aliphatic rings. The lowest BCUT2D eigenvalue weighted by atomic mass is 10.1. The molecule has 2 aromatic rings. The molecule has 1 atom stereocenters. The van der Waals surface area contributed by atoms with Crippen LogP contribution in [0.4, 0.5) is 4.39 Å². The summed E-state index contributed by atoms with van der Waals surface area (Å²) in [5.41, 5.74) is 1.00. The molecule has 3 rings (SSSR count). The number of carbonyl (C=O) groups excluding carboxylic acids is 1. The molecule has 0 aromatic heterocycles. The fraction of sp³-hybridized carbons (Fsp3) is 0.263. The van der Waals surface area contributed by atoms with E-state index in [1.807, 2.05) is 0 Å². The van der Waals surface area contributed by atoms with Crippen molar-refractivity contribution in [3.63, 3.8) is 0 Å². The lowest BCUT2D eigenvalue weighted by Crippen LogP contribution is -2.24. The van der Waals surface area contributed by atoms with Gasteiger partial charge in [-0.3, -0.25) is 0 Å². The second kappa shape index (κ2) is 8.30. The zero-order valence-corrected chi connectivity index (χ0v) is 15.2. The Kier molecular flexibility index (Phi) is 5.85. The summed E-state index contributed by atoms with van der Waals surface area (Å²) >= 11 is 0. The van der Waals surface area contributed by atoms with Crippen molar-refractivity contribution in [3.05, 3.63) is 66.0 Å². The van der Waals surface area contributed by atoms with Crippen molar-refractivity contribution < 1.29 is 27.2 Å². The maximum absolute atomic E-state index is 13.3. The Morgan fingerprint density at radius 2 is 1.96 bits per heavy atom.